The van der Waals surface area contributed by atoms with E-state index in [1.54, 1.807) is 11.9 Å². The first-order chi connectivity index (χ1) is 6.18. The summed E-state index contributed by atoms with van der Waals surface area (Å²) in [6, 6.07) is 0. The van der Waals surface area contributed by atoms with Crippen LogP contribution in [0.5, 0.6) is 0 Å². The van der Waals surface area contributed by atoms with Gasteiger partial charge in [0.25, 0.3) is 5.91 Å². The standard InChI is InChI=1S/C8H11N3O2/c1-10-7(12)3-2-6(9-10)8(13)11-4-5-11/h2-5H2,1H3. The molecule has 2 aliphatic rings. The quantitative estimate of drug-likeness (QED) is 0.509. The molecule has 0 spiro atoms. The third-order valence-corrected chi connectivity index (χ3v) is 2.19. The molecule has 0 bridgehead atoms. The van der Waals surface area contributed by atoms with Crippen molar-refractivity contribution >= 4 is 17.5 Å². The molecule has 0 N–H and O–H groups in total. The molecule has 5 heteroatoms. The van der Waals surface area contributed by atoms with E-state index in [4.69, 9.17) is 0 Å². The van der Waals surface area contributed by atoms with Crippen molar-refractivity contribution in [2.75, 3.05) is 20.1 Å². The highest BCUT2D eigenvalue weighted by Crippen LogP contribution is 2.12. The number of hydrogen-bond donors (Lipinski definition) is 0. The van der Waals surface area contributed by atoms with Crippen LogP contribution < -0.4 is 0 Å². The van der Waals surface area contributed by atoms with Gasteiger partial charge in [-0.05, 0) is 0 Å². The number of nitrogens with zero attached hydrogens (tertiary/aromatic N) is 3. The number of carbonyl (C=O) groups is 2. The van der Waals surface area contributed by atoms with Crippen LogP contribution in [0.1, 0.15) is 12.8 Å². The van der Waals surface area contributed by atoms with Crippen LogP contribution in [0.25, 0.3) is 0 Å². The second kappa shape index (κ2) is 2.83. The lowest BCUT2D eigenvalue weighted by Gasteiger charge is -2.18. The predicted molar refractivity (Wildman–Crippen MR) is 46.0 cm³/mol. The molecular weight excluding hydrogens is 170 g/mol. The van der Waals surface area contributed by atoms with Crippen molar-refractivity contribution in [3.8, 4) is 0 Å². The lowest BCUT2D eigenvalue weighted by atomic mass is 10.1. The summed E-state index contributed by atoms with van der Waals surface area (Å²) in [5.74, 6) is -0.0401. The number of amides is 2. The van der Waals surface area contributed by atoms with E-state index in [0.717, 1.165) is 13.1 Å². The van der Waals surface area contributed by atoms with Gasteiger partial charge in [-0.2, -0.15) is 5.10 Å². The first-order valence-electron chi connectivity index (χ1n) is 4.32. The Hall–Kier alpha value is -1.39. The molecule has 2 rings (SSSR count). The molecule has 2 aliphatic heterocycles. The zero-order valence-electron chi connectivity index (χ0n) is 7.49. The van der Waals surface area contributed by atoms with Gasteiger partial charge in [0.15, 0.2) is 0 Å². The molecule has 0 unspecified atom stereocenters. The van der Waals surface area contributed by atoms with Crippen LogP contribution in [-0.4, -0.2) is 47.6 Å². The van der Waals surface area contributed by atoms with E-state index in [0.29, 0.717) is 18.6 Å². The molecular formula is C8H11N3O2. The van der Waals surface area contributed by atoms with Crippen LogP contribution in [0.15, 0.2) is 5.10 Å². The molecule has 1 saturated heterocycles. The van der Waals surface area contributed by atoms with Gasteiger partial charge >= 0.3 is 0 Å². The van der Waals surface area contributed by atoms with Gasteiger partial charge < -0.3 is 4.90 Å². The summed E-state index contributed by atoms with van der Waals surface area (Å²) < 4.78 is 0. The number of hydrogen-bond acceptors (Lipinski definition) is 3. The van der Waals surface area contributed by atoms with Crippen molar-refractivity contribution < 1.29 is 9.59 Å². The lowest BCUT2D eigenvalue weighted by molar-refractivity contribution is -0.130. The summed E-state index contributed by atoms with van der Waals surface area (Å²) in [6.45, 7) is 1.66. The Bertz CT molecular complexity index is 294. The number of rotatable bonds is 1. The first kappa shape index (κ1) is 8.22. The minimum atomic E-state index is -0.0256. The predicted octanol–water partition coefficient (Wildman–Crippen LogP) is -0.563. The average molecular weight is 181 g/mol. The van der Waals surface area contributed by atoms with E-state index < -0.39 is 0 Å². The molecule has 0 atom stereocenters. The van der Waals surface area contributed by atoms with Gasteiger partial charge in [-0.3, -0.25) is 9.59 Å². The smallest absolute Gasteiger partial charge is 0.270 e. The Morgan fingerprint density at radius 1 is 1.38 bits per heavy atom. The van der Waals surface area contributed by atoms with Crippen molar-refractivity contribution in [2.24, 2.45) is 5.10 Å². The molecule has 2 amide bonds. The second-order valence-electron chi connectivity index (χ2n) is 3.26. The Kier molecular flexibility index (Phi) is 1.79. The van der Waals surface area contributed by atoms with Gasteiger partial charge in [0.1, 0.15) is 5.71 Å². The lowest BCUT2D eigenvalue weighted by Crippen LogP contribution is -2.33. The van der Waals surface area contributed by atoms with Gasteiger partial charge in [0.2, 0.25) is 5.91 Å². The van der Waals surface area contributed by atoms with Crippen molar-refractivity contribution in [1.82, 2.24) is 9.91 Å². The first-order valence-corrected chi connectivity index (χ1v) is 4.32. The largest absolute Gasteiger partial charge is 0.334 e. The summed E-state index contributed by atoms with van der Waals surface area (Å²) in [6.07, 6.45) is 0.882. The maximum absolute atomic E-state index is 11.5. The SMILES string of the molecule is CN1N=C(C(=O)N2CC2)CCC1=O. The van der Waals surface area contributed by atoms with E-state index >= 15 is 0 Å². The van der Waals surface area contributed by atoms with E-state index in [1.165, 1.54) is 5.01 Å². The second-order valence-corrected chi connectivity index (χ2v) is 3.26. The van der Waals surface area contributed by atoms with Gasteiger partial charge in [-0.25, -0.2) is 5.01 Å². The highest BCUT2D eigenvalue weighted by atomic mass is 16.2. The average Bonchev–Trinajstić information content (AvgIpc) is 2.91. The fourth-order valence-electron chi connectivity index (χ4n) is 1.26. The maximum Gasteiger partial charge on any atom is 0.270 e. The zero-order valence-corrected chi connectivity index (χ0v) is 7.49. The molecule has 13 heavy (non-hydrogen) atoms. The van der Waals surface area contributed by atoms with E-state index in [-0.39, 0.29) is 11.8 Å². The molecule has 0 aromatic heterocycles. The molecule has 5 nitrogen and oxygen atoms in total. The van der Waals surface area contributed by atoms with Crippen molar-refractivity contribution in [2.45, 2.75) is 12.8 Å². The summed E-state index contributed by atoms with van der Waals surface area (Å²) in [7, 11) is 1.58. The molecule has 0 saturated carbocycles. The topological polar surface area (TPSA) is 52.8 Å². The summed E-state index contributed by atoms with van der Waals surface area (Å²) in [5.41, 5.74) is 0.514. The Balaban J connectivity index is 2.10. The molecule has 1 fully saturated rings. The van der Waals surface area contributed by atoms with Gasteiger partial charge in [-0.15, -0.1) is 0 Å². The van der Waals surface area contributed by atoms with Crippen LogP contribution in [0.2, 0.25) is 0 Å². The molecule has 0 aromatic rings. The maximum atomic E-state index is 11.5. The normalized spacial score (nSPS) is 21.6. The Morgan fingerprint density at radius 3 is 2.62 bits per heavy atom. The third-order valence-electron chi connectivity index (χ3n) is 2.19. The monoisotopic (exact) mass is 181 g/mol. The molecule has 0 radical (unpaired) electrons. The summed E-state index contributed by atoms with van der Waals surface area (Å²) in [4.78, 5) is 24.2. The molecule has 70 valence electrons. The minimum Gasteiger partial charge on any atom is -0.334 e. The third kappa shape index (κ3) is 1.54. The van der Waals surface area contributed by atoms with Gasteiger partial charge in [0.05, 0.1) is 0 Å². The van der Waals surface area contributed by atoms with Crippen LogP contribution in [-0.2, 0) is 9.59 Å². The zero-order chi connectivity index (χ0) is 9.42. The number of hydrazone groups is 1. The van der Waals surface area contributed by atoms with Crippen molar-refractivity contribution in [3.63, 3.8) is 0 Å². The van der Waals surface area contributed by atoms with Gasteiger partial charge in [-0.1, -0.05) is 0 Å². The van der Waals surface area contributed by atoms with Crippen molar-refractivity contribution in [1.29, 1.82) is 0 Å². The fraction of sp³-hybridized carbons (Fsp3) is 0.625. The Labute approximate surface area is 76.0 Å². The summed E-state index contributed by atoms with van der Waals surface area (Å²) >= 11 is 0. The minimum absolute atomic E-state index is 0.0145. The van der Waals surface area contributed by atoms with E-state index in [9.17, 15) is 9.59 Å². The molecule has 0 aromatic carbocycles. The highest BCUT2D eigenvalue weighted by Gasteiger charge is 2.30. The number of carbonyl (C=O) groups excluding carboxylic acids is 2. The van der Waals surface area contributed by atoms with E-state index in [1.807, 2.05) is 0 Å². The fourth-order valence-corrected chi connectivity index (χ4v) is 1.26. The van der Waals surface area contributed by atoms with Crippen LogP contribution in [0, 0.1) is 0 Å². The van der Waals surface area contributed by atoms with Crippen LogP contribution in [0.3, 0.4) is 0 Å². The highest BCUT2D eigenvalue weighted by molar-refractivity contribution is 6.39. The molecule has 0 aliphatic carbocycles. The van der Waals surface area contributed by atoms with Crippen molar-refractivity contribution in [3.05, 3.63) is 0 Å². The van der Waals surface area contributed by atoms with E-state index in [2.05, 4.69) is 5.10 Å². The molecule has 2 heterocycles. The summed E-state index contributed by atoms with van der Waals surface area (Å²) in [5, 5.41) is 5.18. The Morgan fingerprint density at radius 2 is 2.08 bits per heavy atom. The van der Waals surface area contributed by atoms with Crippen LogP contribution >= 0.6 is 0 Å². The van der Waals surface area contributed by atoms with Gasteiger partial charge in [0, 0.05) is 33.0 Å². The van der Waals surface area contributed by atoms with Crippen LogP contribution in [0.4, 0.5) is 0 Å².